The van der Waals surface area contributed by atoms with Crippen LogP contribution in [-0.2, 0) is 26.2 Å². The zero-order valence-corrected chi connectivity index (χ0v) is 24.7. The van der Waals surface area contributed by atoms with Crippen molar-refractivity contribution in [2.45, 2.75) is 58.1 Å². The smallest absolute Gasteiger partial charge is 0.264 e. The molecule has 7 nitrogen and oxygen atoms in total. The van der Waals surface area contributed by atoms with Gasteiger partial charge in [0.05, 0.1) is 10.6 Å². The largest absolute Gasteiger partial charge is 0.352 e. The lowest BCUT2D eigenvalue weighted by Gasteiger charge is -2.32. The Morgan fingerprint density at radius 3 is 2.13 bits per heavy atom. The van der Waals surface area contributed by atoms with Crippen molar-refractivity contribution in [2.75, 3.05) is 10.8 Å². The SMILES string of the molecule is Cc1ccc(N(CC(=O)N(Cc2ccc(Br)cc2)C(C)C(=O)NC(C)C)S(=O)(=O)c2ccccc2)c(C)c1. The lowest BCUT2D eigenvalue weighted by atomic mass is 10.1. The van der Waals surface area contributed by atoms with Gasteiger partial charge in [0.2, 0.25) is 11.8 Å². The summed E-state index contributed by atoms with van der Waals surface area (Å²) in [6.45, 7) is 8.77. The number of rotatable bonds is 10. The van der Waals surface area contributed by atoms with Gasteiger partial charge in [-0.1, -0.05) is 64.0 Å². The molecule has 0 fully saturated rings. The van der Waals surface area contributed by atoms with Gasteiger partial charge in [0.25, 0.3) is 10.0 Å². The number of aryl methyl sites for hydroxylation is 2. The quantitative estimate of drug-likeness (QED) is 0.347. The van der Waals surface area contributed by atoms with Gasteiger partial charge in [0.15, 0.2) is 0 Å². The van der Waals surface area contributed by atoms with Crippen LogP contribution in [0.4, 0.5) is 5.69 Å². The number of nitrogens with one attached hydrogen (secondary N) is 1. The second kappa shape index (κ2) is 12.6. The van der Waals surface area contributed by atoms with Gasteiger partial charge in [-0.05, 0) is 76.1 Å². The van der Waals surface area contributed by atoms with Gasteiger partial charge < -0.3 is 10.2 Å². The number of anilines is 1. The van der Waals surface area contributed by atoms with E-state index < -0.39 is 28.5 Å². The van der Waals surface area contributed by atoms with Crippen molar-refractivity contribution < 1.29 is 18.0 Å². The molecule has 3 aromatic carbocycles. The maximum absolute atomic E-state index is 13.9. The number of hydrogen-bond acceptors (Lipinski definition) is 4. The fourth-order valence-corrected chi connectivity index (χ4v) is 5.86. The molecule has 1 atom stereocenters. The van der Waals surface area contributed by atoms with Crippen LogP contribution in [0.1, 0.15) is 37.5 Å². The molecule has 3 aromatic rings. The molecule has 38 heavy (non-hydrogen) atoms. The highest BCUT2D eigenvalue weighted by Crippen LogP contribution is 2.28. The zero-order valence-electron chi connectivity index (χ0n) is 22.3. The summed E-state index contributed by atoms with van der Waals surface area (Å²) in [5.41, 5.74) is 2.93. The molecule has 0 aliphatic rings. The normalized spacial score (nSPS) is 12.2. The van der Waals surface area contributed by atoms with Gasteiger partial charge >= 0.3 is 0 Å². The van der Waals surface area contributed by atoms with Crippen molar-refractivity contribution in [1.29, 1.82) is 0 Å². The van der Waals surface area contributed by atoms with Gasteiger partial charge in [-0.2, -0.15) is 0 Å². The second-order valence-corrected chi connectivity index (χ2v) is 12.4. The molecule has 0 saturated carbocycles. The van der Waals surface area contributed by atoms with Gasteiger partial charge in [0.1, 0.15) is 12.6 Å². The number of nitrogens with zero attached hydrogens (tertiary/aromatic N) is 2. The Morgan fingerprint density at radius 1 is 0.921 bits per heavy atom. The minimum atomic E-state index is -4.08. The zero-order chi connectivity index (χ0) is 28.0. The molecular weight excluding hydrogens is 566 g/mol. The molecule has 0 radical (unpaired) electrons. The Labute approximate surface area is 234 Å². The van der Waals surface area contributed by atoms with Crippen LogP contribution in [0.2, 0.25) is 0 Å². The highest BCUT2D eigenvalue weighted by Gasteiger charge is 2.33. The average Bonchev–Trinajstić information content (AvgIpc) is 2.87. The van der Waals surface area contributed by atoms with E-state index >= 15 is 0 Å². The Morgan fingerprint density at radius 2 is 1.55 bits per heavy atom. The molecule has 0 heterocycles. The van der Waals surface area contributed by atoms with Gasteiger partial charge in [-0.3, -0.25) is 13.9 Å². The van der Waals surface area contributed by atoms with Gasteiger partial charge in [-0.15, -0.1) is 0 Å². The molecule has 1 N–H and O–H groups in total. The summed E-state index contributed by atoms with van der Waals surface area (Å²) in [5.74, 6) is -0.798. The Kier molecular flexibility index (Phi) is 9.73. The van der Waals surface area contributed by atoms with E-state index in [1.165, 1.54) is 17.0 Å². The van der Waals surface area contributed by atoms with Crippen LogP contribution in [-0.4, -0.2) is 43.8 Å². The fourth-order valence-electron chi connectivity index (χ4n) is 4.09. The number of carbonyl (C=O) groups excluding carboxylic acids is 2. The van der Waals surface area contributed by atoms with E-state index in [4.69, 9.17) is 0 Å². The first-order valence-corrected chi connectivity index (χ1v) is 14.6. The molecule has 9 heteroatoms. The molecule has 0 saturated heterocycles. The standard InChI is InChI=1S/C29H34BrN3O4S/c1-20(2)31-29(35)23(5)32(18-24-12-14-25(30)15-13-24)28(34)19-33(27-16-11-21(3)17-22(27)4)38(36,37)26-9-7-6-8-10-26/h6-17,20,23H,18-19H2,1-5H3,(H,31,35). The molecule has 0 bridgehead atoms. The first-order chi connectivity index (χ1) is 17.9. The lowest BCUT2D eigenvalue weighted by Crippen LogP contribution is -2.52. The first-order valence-electron chi connectivity index (χ1n) is 12.4. The third kappa shape index (κ3) is 7.23. The van der Waals surface area contributed by atoms with Crippen LogP contribution in [0.25, 0.3) is 0 Å². The molecule has 0 spiro atoms. The number of halogens is 1. The second-order valence-electron chi connectivity index (χ2n) is 9.60. The lowest BCUT2D eigenvalue weighted by molar-refractivity contribution is -0.139. The van der Waals surface area contributed by atoms with Crippen molar-refractivity contribution in [3.05, 3.63) is 94.0 Å². The van der Waals surface area contributed by atoms with Crippen molar-refractivity contribution in [3.8, 4) is 0 Å². The number of hydrogen-bond donors (Lipinski definition) is 1. The minimum Gasteiger partial charge on any atom is -0.352 e. The maximum Gasteiger partial charge on any atom is 0.264 e. The van der Waals surface area contributed by atoms with Crippen LogP contribution in [0, 0.1) is 13.8 Å². The van der Waals surface area contributed by atoms with Crippen LogP contribution in [0.5, 0.6) is 0 Å². The topological polar surface area (TPSA) is 86.8 Å². The third-order valence-corrected chi connectivity index (χ3v) is 8.40. The number of benzene rings is 3. The summed E-state index contributed by atoms with van der Waals surface area (Å²) in [6, 6.07) is 20.0. The third-order valence-electron chi connectivity index (χ3n) is 6.10. The Hall–Kier alpha value is -3.17. The number of sulfonamides is 1. The van der Waals surface area contributed by atoms with Crippen molar-refractivity contribution in [2.24, 2.45) is 0 Å². The van der Waals surface area contributed by atoms with Crippen molar-refractivity contribution in [1.82, 2.24) is 10.2 Å². The number of carbonyl (C=O) groups is 2. The van der Waals surface area contributed by atoms with Gasteiger partial charge in [-0.25, -0.2) is 8.42 Å². The summed E-state index contributed by atoms with van der Waals surface area (Å²) in [7, 11) is -4.08. The predicted octanol–water partition coefficient (Wildman–Crippen LogP) is 5.20. The first kappa shape index (κ1) is 29.4. The minimum absolute atomic E-state index is 0.0813. The molecule has 0 aliphatic heterocycles. The summed E-state index contributed by atoms with van der Waals surface area (Å²) < 4.78 is 29.7. The summed E-state index contributed by atoms with van der Waals surface area (Å²) in [5, 5.41) is 2.86. The molecule has 202 valence electrons. The van der Waals surface area contributed by atoms with E-state index in [0.29, 0.717) is 5.69 Å². The van der Waals surface area contributed by atoms with Crippen molar-refractivity contribution in [3.63, 3.8) is 0 Å². The highest BCUT2D eigenvalue weighted by molar-refractivity contribution is 9.10. The Bertz CT molecular complexity index is 1380. The summed E-state index contributed by atoms with van der Waals surface area (Å²) >= 11 is 3.42. The van der Waals surface area contributed by atoms with E-state index in [1.54, 1.807) is 31.2 Å². The molecule has 0 aromatic heterocycles. The van der Waals surface area contributed by atoms with E-state index in [-0.39, 0.29) is 23.4 Å². The van der Waals surface area contributed by atoms with Crippen LogP contribution in [0.15, 0.2) is 82.2 Å². The molecule has 3 rings (SSSR count). The van der Waals surface area contributed by atoms with E-state index in [9.17, 15) is 18.0 Å². The fraction of sp³-hybridized carbons (Fsp3) is 0.310. The molecule has 0 aliphatic carbocycles. The monoisotopic (exact) mass is 599 g/mol. The molecule has 2 amide bonds. The average molecular weight is 601 g/mol. The van der Waals surface area contributed by atoms with Crippen LogP contribution >= 0.6 is 15.9 Å². The van der Waals surface area contributed by atoms with E-state index in [0.717, 1.165) is 25.5 Å². The van der Waals surface area contributed by atoms with E-state index in [2.05, 4.69) is 21.2 Å². The highest BCUT2D eigenvalue weighted by atomic mass is 79.9. The summed E-state index contributed by atoms with van der Waals surface area (Å²) in [6.07, 6.45) is 0. The maximum atomic E-state index is 13.9. The molecule has 1 unspecified atom stereocenters. The van der Waals surface area contributed by atoms with Crippen LogP contribution in [0.3, 0.4) is 0 Å². The molecular formula is C29H34BrN3O4S. The summed E-state index contributed by atoms with van der Waals surface area (Å²) in [4.78, 5) is 28.4. The van der Waals surface area contributed by atoms with Gasteiger partial charge in [0, 0.05) is 17.1 Å². The number of amides is 2. The van der Waals surface area contributed by atoms with E-state index in [1.807, 2.05) is 64.1 Å². The Balaban J connectivity index is 2.05. The van der Waals surface area contributed by atoms with Crippen molar-refractivity contribution >= 4 is 43.5 Å². The van der Waals surface area contributed by atoms with Crippen LogP contribution < -0.4 is 9.62 Å². The predicted molar refractivity (Wildman–Crippen MR) is 154 cm³/mol.